The molecule has 3 atom stereocenters. The van der Waals surface area contributed by atoms with E-state index in [2.05, 4.69) is 23.6 Å². The predicted molar refractivity (Wildman–Crippen MR) is 121 cm³/mol. The van der Waals surface area contributed by atoms with Gasteiger partial charge in [0.25, 0.3) is 0 Å². The zero-order chi connectivity index (χ0) is 22.8. The van der Waals surface area contributed by atoms with E-state index in [1.807, 2.05) is 6.92 Å². The first kappa shape index (κ1) is 23.8. The lowest BCUT2D eigenvalue weighted by Gasteiger charge is -2.34. The number of carbonyl (C=O) groups is 1. The second kappa shape index (κ2) is 9.75. The lowest BCUT2D eigenvalue weighted by molar-refractivity contribution is -0.134. The van der Waals surface area contributed by atoms with E-state index in [0.29, 0.717) is 23.5 Å². The molecule has 1 aliphatic carbocycles. The molecule has 1 fully saturated rings. The summed E-state index contributed by atoms with van der Waals surface area (Å²) < 4.78 is 32.2. The molecule has 31 heavy (non-hydrogen) atoms. The maximum Gasteiger partial charge on any atom is 0.229 e. The molecule has 8 nitrogen and oxygen atoms in total. The van der Waals surface area contributed by atoms with Gasteiger partial charge in [0.15, 0.2) is 0 Å². The molecule has 9 heteroatoms. The van der Waals surface area contributed by atoms with Gasteiger partial charge in [0.05, 0.1) is 25.3 Å². The number of ether oxygens (including phenoxy) is 1. The standard InChI is InChI=1S/C22H35N3O5S/c1-15-11-25(16(2)14-26)22(27)10-18-9-19(23-31(4,28)29)7-8-20(18)30-21(15)13-24(3)12-17-5-6-17/h7-9,15-17,21,23,26H,5-6,10-14H2,1-4H3/t15-,16+,21+/m0/s1. The van der Waals surface area contributed by atoms with Gasteiger partial charge < -0.3 is 19.6 Å². The Morgan fingerprint density at radius 1 is 1.32 bits per heavy atom. The summed E-state index contributed by atoms with van der Waals surface area (Å²) in [6.07, 6.45) is 3.59. The highest BCUT2D eigenvalue weighted by molar-refractivity contribution is 7.92. The van der Waals surface area contributed by atoms with Crippen LogP contribution in [0.2, 0.25) is 0 Å². The van der Waals surface area contributed by atoms with Crippen LogP contribution >= 0.6 is 0 Å². The van der Waals surface area contributed by atoms with E-state index >= 15 is 0 Å². The Morgan fingerprint density at radius 2 is 2.03 bits per heavy atom. The molecule has 1 aromatic rings. The molecule has 0 radical (unpaired) electrons. The second-order valence-corrected chi connectivity index (χ2v) is 11.0. The average molecular weight is 454 g/mol. The van der Waals surface area contributed by atoms with Crippen LogP contribution < -0.4 is 9.46 Å². The van der Waals surface area contributed by atoms with Gasteiger partial charge in [-0.25, -0.2) is 8.42 Å². The van der Waals surface area contributed by atoms with Gasteiger partial charge in [-0.15, -0.1) is 0 Å². The molecule has 1 aromatic carbocycles. The number of likely N-dealkylation sites (N-methyl/N-ethyl adjacent to an activating group) is 1. The van der Waals surface area contributed by atoms with E-state index in [-0.39, 0.29) is 37.0 Å². The number of hydrogen-bond acceptors (Lipinski definition) is 6. The van der Waals surface area contributed by atoms with Crippen molar-refractivity contribution in [3.63, 3.8) is 0 Å². The first-order valence-electron chi connectivity index (χ1n) is 10.9. The summed E-state index contributed by atoms with van der Waals surface area (Å²) in [6.45, 7) is 6.05. The fourth-order valence-electron chi connectivity index (χ4n) is 4.05. The zero-order valence-electron chi connectivity index (χ0n) is 18.9. The summed E-state index contributed by atoms with van der Waals surface area (Å²) in [5, 5.41) is 9.70. The SMILES string of the molecule is C[C@H](CO)N1C[C@H](C)[C@@H](CN(C)CC2CC2)Oc2ccc(NS(C)(=O)=O)cc2CC1=O. The maximum absolute atomic E-state index is 13.1. The van der Waals surface area contributed by atoms with Gasteiger partial charge in [0.2, 0.25) is 15.9 Å². The van der Waals surface area contributed by atoms with E-state index in [1.54, 1.807) is 23.1 Å². The number of hydrogen-bond donors (Lipinski definition) is 2. The third-order valence-electron chi connectivity index (χ3n) is 5.98. The molecule has 174 valence electrons. The van der Waals surface area contributed by atoms with Gasteiger partial charge in [-0.1, -0.05) is 6.92 Å². The van der Waals surface area contributed by atoms with Crippen molar-refractivity contribution in [2.24, 2.45) is 11.8 Å². The lowest BCUT2D eigenvalue weighted by atomic mass is 10.0. The third kappa shape index (κ3) is 6.82. The van der Waals surface area contributed by atoms with Crippen LogP contribution in [0.25, 0.3) is 0 Å². The minimum absolute atomic E-state index is 0.0550. The number of fused-ring (bicyclic) bond motifs is 1. The van der Waals surface area contributed by atoms with Crippen molar-refractivity contribution in [2.75, 3.05) is 44.3 Å². The first-order chi connectivity index (χ1) is 14.6. The Labute approximate surface area is 185 Å². The Morgan fingerprint density at radius 3 is 2.65 bits per heavy atom. The van der Waals surface area contributed by atoms with Crippen molar-refractivity contribution in [1.82, 2.24) is 9.80 Å². The number of sulfonamides is 1. The van der Waals surface area contributed by atoms with Gasteiger partial charge in [-0.05, 0) is 50.9 Å². The molecule has 0 unspecified atom stereocenters. The molecule has 1 saturated carbocycles. The Bertz CT molecular complexity index is 887. The molecule has 1 heterocycles. The summed E-state index contributed by atoms with van der Waals surface area (Å²) in [7, 11) is -1.34. The van der Waals surface area contributed by atoms with Gasteiger partial charge in [-0.3, -0.25) is 9.52 Å². The topological polar surface area (TPSA) is 99.2 Å². The molecule has 0 bridgehead atoms. The van der Waals surface area contributed by atoms with Crippen LogP contribution in [0.1, 0.15) is 32.3 Å². The molecule has 1 aliphatic heterocycles. The van der Waals surface area contributed by atoms with Gasteiger partial charge >= 0.3 is 0 Å². The molecule has 0 spiro atoms. The van der Waals surface area contributed by atoms with Crippen molar-refractivity contribution < 1.29 is 23.1 Å². The molecule has 1 amide bonds. The predicted octanol–water partition coefficient (Wildman–Crippen LogP) is 1.55. The zero-order valence-corrected chi connectivity index (χ0v) is 19.7. The van der Waals surface area contributed by atoms with Crippen molar-refractivity contribution in [3.05, 3.63) is 23.8 Å². The van der Waals surface area contributed by atoms with Gasteiger partial charge in [0.1, 0.15) is 11.9 Å². The smallest absolute Gasteiger partial charge is 0.229 e. The molecular weight excluding hydrogens is 418 g/mol. The number of carbonyl (C=O) groups excluding carboxylic acids is 1. The Balaban J connectivity index is 1.91. The van der Waals surface area contributed by atoms with Gasteiger partial charge in [-0.2, -0.15) is 0 Å². The Hall–Kier alpha value is -1.84. The van der Waals surface area contributed by atoms with Crippen LogP contribution in [0.4, 0.5) is 5.69 Å². The van der Waals surface area contributed by atoms with Crippen LogP contribution in [-0.2, 0) is 21.2 Å². The van der Waals surface area contributed by atoms with Crippen LogP contribution in [0.3, 0.4) is 0 Å². The lowest BCUT2D eigenvalue weighted by Crippen LogP contribution is -2.47. The first-order valence-corrected chi connectivity index (χ1v) is 12.8. The molecule has 2 N–H and O–H groups in total. The summed E-state index contributed by atoms with van der Waals surface area (Å²) >= 11 is 0. The van der Waals surface area contributed by atoms with E-state index < -0.39 is 10.0 Å². The number of anilines is 1. The Kier molecular flexibility index (Phi) is 7.49. The molecule has 0 aromatic heterocycles. The number of aliphatic hydroxyl groups is 1. The third-order valence-corrected chi connectivity index (χ3v) is 6.58. The number of rotatable bonds is 8. The largest absolute Gasteiger partial charge is 0.488 e. The maximum atomic E-state index is 13.1. The summed E-state index contributed by atoms with van der Waals surface area (Å²) in [5.41, 5.74) is 1.03. The highest BCUT2D eigenvalue weighted by atomic mass is 32.2. The number of benzene rings is 1. The quantitative estimate of drug-likeness (QED) is 0.620. The second-order valence-electron chi connectivity index (χ2n) is 9.25. The number of aliphatic hydroxyl groups excluding tert-OH is 1. The number of amides is 1. The number of nitrogens with zero attached hydrogens (tertiary/aromatic N) is 2. The molecule has 0 saturated heterocycles. The monoisotopic (exact) mass is 453 g/mol. The van der Waals surface area contributed by atoms with Crippen molar-refractivity contribution >= 4 is 21.6 Å². The normalized spacial score (nSPS) is 23.4. The van der Waals surface area contributed by atoms with Crippen molar-refractivity contribution in [1.29, 1.82) is 0 Å². The fourth-order valence-corrected chi connectivity index (χ4v) is 4.60. The fraction of sp³-hybridized carbons (Fsp3) is 0.682. The highest BCUT2D eigenvalue weighted by Crippen LogP contribution is 2.31. The van der Waals surface area contributed by atoms with Crippen molar-refractivity contribution in [3.8, 4) is 5.75 Å². The van der Waals surface area contributed by atoms with E-state index in [0.717, 1.165) is 25.3 Å². The molecular formula is C22H35N3O5S. The minimum Gasteiger partial charge on any atom is -0.488 e. The summed E-state index contributed by atoms with van der Waals surface area (Å²) in [5.74, 6) is 1.31. The number of nitrogens with one attached hydrogen (secondary N) is 1. The van der Waals surface area contributed by atoms with Crippen LogP contribution in [-0.4, -0.2) is 80.9 Å². The van der Waals surface area contributed by atoms with Crippen LogP contribution in [0, 0.1) is 11.8 Å². The van der Waals surface area contributed by atoms with E-state index in [4.69, 9.17) is 4.74 Å². The molecule has 3 rings (SSSR count). The minimum atomic E-state index is -3.44. The highest BCUT2D eigenvalue weighted by Gasteiger charge is 2.32. The van der Waals surface area contributed by atoms with E-state index in [9.17, 15) is 18.3 Å². The molecule has 2 aliphatic rings. The van der Waals surface area contributed by atoms with Crippen molar-refractivity contribution in [2.45, 2.75) is 45.3 Å². The van der Waals surface area contributed by atoms with Crippen LogP contribution in [0.5, 0.6) is 5.75 Å². The van der Waals surface area contributed by atoms with Crippen LogP contribution in [0.15, 0.2) is 18.2 Å². The van der Waals surface area contributed by atoms with E-state index in [1.165, 1.54) is 12.8 Å². The van der Waals surface area contributed by atoms with Gasteiger partial charge in [0, 0.05) is 36.8 Å². The average Bonchev–Trinajstić information content (AvgIpc) is 3.48. The summed E-state index contributed by atoms with van der Waals surface area (Å²) in [4.78, 5) is 17.1. The summed E-state index contributed by atoms with van der Waals surface area (Å²) in [6, 6.07) is 4.75.